The number of carbonyl (C=O) groups is 2. The molecule has 0 bridgehead atoms. The molecule has 2 atom stereocenters. The van der Waals surface area contributed by atoms with Gasteiger partial charge in [0.25, 0.3) is 0 Å². The van der Waals surface area contributed by atoms with E-state index in [2.05, 4.69) is 5.32 Å². The van der Waals surface area contributed by atoms with Crippen LogP contribution in [0.1, 0.15) is 39.2 Å². The van der Waals surface area contributed by atoms with Crippen LogP contribution < -0.4 is 5.32 Å². The van der Waals surface area contributed by atoms with E-state index >= 15 is 0 Å². The molecule has 1 heterocycles. The van der Waals surface area contributed by atoms with E-state index in [-0.39, 0.29) is 23.7 Å². The number of rotatable bonds is 4. The van der Waals surface area contributed by atoms with E-state index in [1.165, 1.54) is 0 Å². The first kappa shape index (κ1) is 15.1. The third kappa shape index (κ3) is 2.40. The zero-order valence-corrected chi connectivity index (χ0v) is 13.5. The summed E-state index contributed by atoms with van der Waals surface area (Å²) < 4.78 is 0. The zero-order chi connectivity index (χ0) is 15.9. The van der Waals surface area contributed by atoms with Gasteiger partial charge in [0, 0.05) is 6.54 Å². The van der Waals surface area contributed by atoms with Crippen LogP contribution in [-0.4, -0.2) is 28.3 Å². The highest BCUT2D eigenvalue weighted by atomic mass is 16.2. The van der Waals surface area contributed by atoms with Gasteiger partial charge in [-0.15, -0.1) is 0 Å². The molecule has 1 saturated carbocycles. The van der Waals surface area contributed by atoms with E-state index in [1.807, 2.05) is 56.0 Å². The molecule has 0 spiro atoms. The Morgan fingerprint density at radius 3 is 2.41 bits per heavy atom. The highest BCUT2D eigenvalue weighted by molar-refractivity contribution is 6.00. The number of nitrogens with zero attached hydrogens (tertiary/aromatic N) is 1. The van der Waals surface area contributed by atoms with Crippen LogP contribution in [-0.2, 0) is 16.1 Å². The first-order valence-electron chi connectivity index (χ1n) is 8.11. The number of amides is 2. The van der Waals surface area contributed by atoms with Crippen LogP contribution in [0.2, 0.25) is 0 Å². The molecule has 1 aromatic carbocycles. The Bertz CT molecular complexity index is 580. The molecule has 2 amide bonds. The SMILES string of the molecule is CC(C)C1NC(=O)C(C)(C2CC2)N(Cc2ccccc2)C1=O. The zero-order valence-electron chi connectivity index (χ0n) is 13.5. The van der Waals surface area contributed by atoms with E-state index < -0.39 is 11.6 Å². The van der Waals surface area contributed by atoms with Crippen LogP contribution in [0.15, 0.2) is 30.3 Å². The van der Waals surface area contributed by atoms with Crippen molar-refractivity contribution in [2.45, 2.75) is 51.7 Å². The molecule has 1 aromatic rings. The topological polar surface area (TPSA) is 49.4 Å². The molecule has 0 radical (unpaired) electrons. The normalized spacial score (nSPS) is 28.9. The molecule has 2 unspecified atom stereocenters. The Balaban J connectivity index is 1.95. The summed E-state index contributed by atoms with van der Waals surface area (Å²) in [6.45, 7) is 6.38. The van der Waals surface area contributed by atoms with Crippen molar-refractivity contribution >= 4 is 11.8 Å². The van der Waals surface area contributed by atoms with Gasteiger partial charge in [-0.3, -0.25) is 9.59 Å². The minimum atomic E-state index is -0.710. The Morgan fingerprint density at radius 1 is 1.23 bits per heavy atom. The Labute approximate surface area is 131 Å². The predicted octanol–water partition coefficient (Wildman–Crippen LogP) is 2.34. The average Bonchev–Trinajstić information content (AvgIpc) is 3.33. The van der Waals surface area contributed by atoms with Crippen molar-refractivity contribution in [1.82, 2.24) is 10.2 Å². The molecule has 22 heavy (non-hydrogen) atoms. The number of carbonyl (C=O) groups excluding carboxylic acids is 2. The fourth-order valence-corrected chi connectivity index (χ4v) is 3.38. The summed E-state index contributed by atoms with van der Waals surface area (Å²) in [4.78, 5) is 27.6. The van der Waals surface area contributed by atoms with E-state index in [1.54, 1.807) is 0 Å². The molecule has 1 N–H and O–H groups in total. The highest BCUT2D eigenvalue weighted by Crippen LogP contribution is 2.45. The molecule has 2 aliphatic rings. The van der Waals surface area contributed by atoms with Crippen LogP contribution in [0.4, 0.5) is 0 Å². The van der Waals surface area contributed by atoms with Crippen LogP contribution in [0, 0.1) is 11.8 Å². The quantitative estimate of drug-likeness (QED) is 0.928. The molecule has 1 aliphatic carbocycles. The summed E-state index contributed by atoms with van der Waals surface area (Å²) in [7, 11) is 0. The Hall–Kier alpha value is -1.84. The predicted molar refractivity (Wildman–Crippen MR) is 84.9 cm³/mol. The average molecular weight is 300 g/mol. The van der Waals surface area contributed by atoms with E-state index in [0.717, 1.165) is 18.4 Å². The minimum Gasteiger partial charge on any atom is -0.342 e. The van der Waals surface area contributed by atoms with Crippen molar-refractivity contribution in [2.24, 2.45) is 11.8 Å². The second kappa shape index (κ2) is 5.41. The summed E-state index contributed by atoms with van der Waals surface area (Å²) in [5, 5.41) is 2.96. The van der Waals surface area contributed by atoms with Gasteiger partial charge >= 0.3 is 0 Å². The first-order chi connectivity index (χ1) is 10.4. The lowest BCUT2D eigenvalue weighted by atomic mass is 9.85. The van der Waals surface area contributed by atoms with E-state index in [0.29, 0.717) is 6.54 Å². The van der Waals surface area contributed by atoms with Crippen molar-refractivity contribution < 1.29 is 9.59 Å². The smallest absolute Gasteiger partial charge is 0.246 e. The summed E-state index contributed by atoms with van der Waals surface area (Å²) in [6, 6.07) is 9.51. The van der Waals surface area contributed by atoms with Crippen molar-refractivity contribution in [3.8, 4) is 0 Å². The van der Waals surface area contributed by atoms with Gasteiger partial charge in [0.05, 0.1) is 0 Å². The molecule has 2 fully saturated rings. The van der Waals surface area contributed by atoms with Gasteiger partial charge in [-0.2, -0.15) is 0 Å². The van der Waals surface area contributed by atoms with Gasteiger partial charge in [0.1, 0.15) is 11.6 Å². The van der Waals surface area contributed by atoms with E-state index in [4.69, 9.17) is 0 Å². The van der Waals surface area contributed by atoms with Crippen LogP contribution in [0.3, 0.4) is 0 Å². The summed E-state index contributed by atoms with van der Waals surface area (Å²) in [6.07, 6.45) is 2.05. The minimum absolute atomic E-state index is 0.00392. The Kier molecular flexibility index (Phi) is 3.71. The van der Waals surface area contributed by atoms with Gasteiger partial charge in [-0.1, -0.05) is 44.2 Å². The fourth-order valence-electron chi connectivity index (χ4n) is 3.38. The lowest BCUT2D eigenvalue weighted by Crippen LogP contribution is -2.71. The molecule has 1 aliphatic heterocycles. The van der Waals surface area contributed by atoms with E-state index in [9.17, 15) is 9.59 Å². The van der Waals surface area contributed by atoms with Gasteiger partial charge in [0.2, 0.25) is 11.8 Å². The maximum Gasteiger partial charge on any atom is 0.246 e. The summed E-state index contributed by atoms with van der Waals surface area (Å²) in [5.74, 6) is 0.434. The fraction of sp³-hybridized carbons (Fsp3) is 0.556. The van der Waals surface area contributed by atoms with Crippen LogP contribution >= 0.6 is 0 Å². The molecule has 118 valence electrons. The first-order valence-corrected chi connectivity index (χ1v) is 8.11. The molecule has 4 heteroatoms. The van der Waals surface area contributed by atoms with Gasteiger partial charge < -0.3 is 10.2 Å². The van der Waals surface area contributed by atoms with Gasteiger partial charge in [0.15, 0.2) is 0 Å². The second-order valence-electron chi connectivity index (χ2n) is 7.03. The second-order valence-corrected chi connectivity index (χ2v) is 7.03. The number of hydrogen-bond donors (Lipinski definition) is 1. The third-order valence-electron chi connectivity index (χ3n) is 5.06. The molecular formula is C18H24N2O2. The summed E-state index contributed by atoms with van der Waals surface area (Å²) >= 11 is 0. The molecule has 1 saturated heterocycles. The number of piperazine rings is 1. The maximum absolute atomic E-state index is 13.0. The van der Waals surface area contributed by atoms with Crippen molar-refractivity contribution in [3.63, 3.8) is 0 Å². The van der Waals surface area contributed by atoms with Crippen molar-refractivity contribution in [2.75, 3.05) is 0 Å². The van der Waals surface area contributed by atoms with Crippen LogP contribution in [0.25, 0.3) is 0 Å². The number of nitrogens with one attached hydrogen (secondary N) is 1. The Morgan fingerprint density at radius 2 is 1.86 bits per heavy atom. The van der Waals surface area contributed by atoms with Gasteiger partial charge in [-0.05, 0) is 37.2 Å². The number of hydrogen-bond acceptors (Lipinski definition) is 2. The third-order valence-corrected chi connectivity index (χ3v) is 5.06. The number of benzene rings is 1. The molecular weight excluding hydrogens is 276 g/mol. The van der Waals surface area contributed by atoms with Crippen LogP contribution in [0.5, 0.6) is 0 Å². The monoisotopic (exact) mass is 300 g/mol. The maximum atomic E-state index is 13.0. The molecule has 3 rings (SSSR count). The lowest BCUT2D eigenvalue weighted by molar-refractivity contribution is -0.160. The van der Waals surface area contributed by atoms with Gasteiger partial charge in [-0.25, -0.2) is 0 Å². The molecule has 4 nitrogen and oxygen atoms in total. The highest BCUT2D eigenvalue weighted by Gasteiger charge is 2.57. The standard InChI is InChI=1S/C18H24N2O2/c1-12(2)15-16(21)20(11-13-7-5-4-6-8-13)18(3,14-9-10-14)17(22)19-15/h4-8,12,14-15H,9-11H2,1-3H3,(H,19,22). The van der Waals surface area contributed by atoms with Crippen molar-refractivity contribution in [3.05, 3.63) is 35.9 Å². The largest absolute Gasteiger partial charge is 0.342 e. The lowest BCUT2D eigenvalue weighted by Gasteiger charge is -2.47. The van der Waals surface area contributed by atoms with Crippen molar-refractivity contribution in [1.29, 1.82) is 0 Å². The summed E-state index contributed by atoms with van der Waals surface area (Å²) in [5.41, 5.74) is 0.359. The molecule has 0 aromatic heterocycles.